The minimum Gasteiger partial charge on any atom is -0.456 e. The van der Waals surface area contributed by atoms with Gasteiger partial charge in [-0.15, -0.1) is 0 Å². The molecule has 0 aliphatic carbocycles. The summed E-state index contributed by atoms with van der Waals surface area (Å²) in [6.07, 6.45) is 0.359. The zero-order valence-electron chi connectivity index (χ0n) is 17.0. The quantitative estimate of drug-likeness (QED) is 0.391. The van der Waals surface area contributed by atoms with Crippen molar-refractivity contribution in [3.63, 3.8) is 0 Å². The SMILES string of the molecule is CC(C)C[C@H](NC(N)=O)C(=O)OCC(=O)c1c(-c2ccccc2)[nH]c2ccccc12. The molecule has 0 saturated carbocycles. The molecule has 1 heterocycles. The Balaban J connectivity index is 1.84. The maximum atomic E-state index is 13.1. The summed E-state index contributed by atoms with van der Waals surface area (Å²) < 4.78 is 5.26. The number of para-hydroxylation sites is 1. The van der Waals surface area contributed by atoms with E-state index in [1.54, 1.807) is 0 Å². The number of Topliss-reactive ketones (excluding diaryl/α,β-unsaturated/α-hetero) is 1. The number of aromatic amines is 1. The van der Waals surface area contributed by atoms with Crippen LogP contribution in [-0.2, 0) is 9.53 Å². The number of fused-ring (bicyclic) bond motifs is 1. The summed E-state index contributed by atoms with van der Waals surface area (Å²) in [5.41, 5.74) is 7.97. The highest BCUT2D eigenvalue weighted by Gasteiger charge is 2.25. The molecule has 0 spiro atoms. The van der Waals surface area contributed by atoms with E-state index in [1.807, 2.05) is 68.4 Å². The average molecular weight is 407 g/mol. The Labute approximate surface area is 174 Å². The Hall–Kier alpha value is -3.61. The molecule has 0 saturated heterocycles. The first-order chi connectivity index (χ1) is 14.4. The van der Waals surface area contributed by atoms with Gasteiger partial charge in [-0.3, -0.25) is 4.79 Å². The Morgan fingerprint density at radius 1 is 1.03 bits per heavy atom. The number of H-pyrrole nitrogens is 1. The summed E-state index contributed by atoms with van der Waals surface area (Å²) in [7, 11) is 0. The summed E-state index contributed by atoms with van der Waals surface area (Å²) in [5, 5.41) is 3.14. The molecule has 3 rings (SSSR count). The molecule has 3 aromatic rings. The number of amides is 2. The van der Waals surface area contributed by atoms with E-state index in [0.29, 0.717) is 17.7 Å². The van der Waals surface area contributed by atoms with E-state index in [4.69, 9.17) is 10.5 Å². The van der Waals surface area contributed by atoms with Gasteiger partial charge < -0.3 is 20.8 Å². The maximum absolute atomic E-state index is 13.1. The van der Waals surface area contributed by atoms with Gasteiger partial charge in [0, 0.05) is 10.9 Å². The number of carbonyl (C=O) groups is 3. The Morgan fingerprint density at radius 2 is 1.70 bits per heavy atom. The highest BCUT2D eigenvalue weighted by atomic mass is 16.5. The van der Waals surface area contributed by atoms with Gasteiger partial charge >= 0.3 is 12.0 Å². The number of hydrogen-bond acceptors (Lipinski definition) is 4. The van der Waals surface area contributed by atoms with Crippen LogP contribution in [0.25, 0.3) is 22.2 Å². The Morgan fingerprint density at radius 3 is 2.37 bits per heavy atom. The summed E-state index contributed by atoms with van der Waals surface area (Å²) in [5.74, 6) is -0.887. The Bertz CT molecular complexity index is 1060. The predicted octanol–water partition coefficient (Wildman–Crippen LogP) is 3.64. The van der Waals surface area contributed by atoms with Gasteiger partial charge in [-0.2, -0.15) is 0 Å². The second-order valence-corrected chi connectivity index (χ2v) is 7.51. The first-order valence-corrected chi connectivity index (χ1v) is 9.78. The third-order valence-corrected chi connectivity index (χ3v) is 4.70. The lowest BCUT2D eigenvalue weighted by Crippen LogP contribution is -2.45. The number of urea groups is 1. The number of ether oxygens (including phenoxy) is 1. The van der Waals surface area contributed by atoms with Crippen LogP contribution in [0.1, 0.15) is 30.6 Å². The molecule has 1 aromatic heterocycles. The van der Waals surface area contributed by atoms with E-state index >= 15 is 0 Å². The van der Waals surface area contributed by atoms with E-state index < -0.39 is 24.6 Å². The van der Waals surface area contributed by atoms with Crippen LogP contribution in [0.3, 0.4) is 0 Å². The van der Waals surface area contributed by atoms with Gasteiger partial charge in [0.05, 0.1) is 11.3 Å². The summed E-state index contributed by atoms with van der Waals surface area (Å²) in [4.78, 5) is 40.0. The van der Waals surface area contributed by atoms with E-state index in [2.05, 4.69) is 10.3 Å². The van der Waals surface area contributed by atoms with Crippen LogP contribution < -0.4 is 11.1 Å². The number of aromatic nitrogens is 1. The number of rotatable bonds is 8. The number of nitrogens with two attached hydrogens (primary N) is 1. The van der Waals surface area contributed by atoms with Crippen molar-refractivity contribution < 1.29 is 19.1 Å². The summed E-state index contributed by atoms with van der Waals surface area (Å²) in [6.45, 7) is 3.38. The number of carbonyl (C=O) groups excluding carboxylic acids is 3. The van der Waals surface area contributed by atoms with Crippen LogP contribution >= 0.6 is 0 Å². The predicted molar refractivity (Wildman–Crippen MR) is 115 cm³/mol. The average Bonchev–Trinajstić information content (AvgIpc) is 3.11. The van der Waals surface area contributed by atoms with Crippen LogP contribution in [0.4, 0.5) is 4.79 Å². The van der Waals surface area contributed by atoms with Crippen molar-refractivity contribution in [1.82, 2.24) is 10.3 Å². The molecule has 0 bridgehead atoms. The third-order valence-electron chi connectivity index (χ3n) is 4.70. The van der Waals surface area contributed by atoms with Gasteiger partial charge in [0.15, 0.2) is 6.61 Å². The van der Waals surface area contributed by atoms with Crippen molar-refractivity contribution in [3.05, 3.63) is 60.2 Å². The van der Waals surface area contributed by atoms with Crippen LogP contribution in [0.2, 0.25) is 0 Å². The number of benzene rings is 2. The van der Waals surface area contributed by atoms with Crippen LogP contribution in [0.15, 0.2) is 54.6 Å². The van der Waals surface area contributed by atoms with Crippen molar-refractivity contribution in [2.75, 3.05) is 6.61 Å². The molecule has 30 heavy (non-hydrogen) atoms. The molecule has 2 aromatic carbocycles. The summed E-state index contributed by atoms with van der Waals surface area (Å²) >= 11 is 0. The van der Waals surface area contributed by atoms with Gasteiger partial charge in [-0.1, -0.05) is 62.4 Å². The molecule has 7 heteroatoms. The molecule has 0 radical (unpaired) electrons. The van der Waals surface area contributed by atoms with Gasteiger partial charge in [0.1, 0.15) is 6.04 Å². The van der Waals surface area contributed by atoms with Crippen molar-refractivity contribution in [3.8, 4) is 11.3 Å². The monoisotopic (exact) mass is 407 g/mol. The maximum Gasteiger partial charge on any atom is 0.329 e. The zero-order chi connectivity index (χ0) is 21.7. The first kappa shape index (κ1) is 21.1. The molecule has 0 fully saturated rings. The van der Waals surface area contributed by atoms with E-state index in [-0.39, 0.29) is 11.7 Å². The fourth-order valence-corrected chi connectivity index (χ4v) is 3.42. The normalized spacial score (nSPS) is 12.0. The highest BCUT2D eigenvalue weighted by Crippen LogP contribution is 2.30. The Kier molecular flexibility index (Phi) is 6.51. The lowest BCUT2D eigenvalue weighted by molar-refractivity contribution is -0.145. The molecule has 2 amide bonds. The van der Waals surface area contributed by atoms with E-state index in [9.17, 15) is 14.4 Å². The molecule has 156 valence electrons. The largest absolute Gasteiger partial charge is 0.456 e. The van der Waals surface area contributed by atoms with Crippen molar-refractivity contribution >= 4 is 28.7 Å². The number of esters is 1. The zero-order valence-corrected chi connectivity index (χ0v) is 17.0. The number of hydrogen-bond donors (Lipinski definition) is 3. The van der Waals surface area contributed by atoms with Gasteiger partial charge in [-0.05, 0) is 24.0 Å². The van der Waals surface area contributed by atoms with E-state index in [0.717, 1.165) is 16.5 Å². The first-order valence-electron chi connectivity index (χ1n) is 9.78. The molecule has 0 aliphatic heterocycles. The molecular formula is C23H25N3O4. The summed E-state index contributed by atoms with van der Waals surface area (Å²) in [6, 6.07) is 15.3. The molecule has 0 aliphatic rings. The number of ketones is 1. The molecule has 1 atom stereocenters. The van der Waals surface area contributed by atoms with Crippen molar-refractivity contribution in [1.29, 1.82) is 0 Å². The molecular weight excluding hydrogens is 382 g/mol. The van der Waals surface area contributed by atoms with Crippen LogP contribution in [0.5, 0.6) is 0 Å². The minimum absolute atomic E-state index is 0.128. The van der Waals surface area contributed by atoms with Crippen LogP contribution in [0, 0.1) is 5.92 Å². The molecule has 0 unspecified atom stereocenters. The lowest BCUT2D eigenvalue weighted by atomic mass is 10.0. The third kappa shape index (κ3) is 4.86. The van der Waals surface area contributed by atoms with E-state index in [1.165, 1.54) is 0 Å². The molecule has 4 N–H and O–H groups in total. The lowest BCUT2D eigenvalue weighted by Gasteiger charge is -2.18. The van der Waals surface area contributed by atoms with Crippen LogP contribution in [-0.4, -0.2) is 35.4 Å². The van der Waals surface area contributed by atoms with Gasteiger partial charge in [-0.25, -0.2) is 9.59 Å². The molecule has 7 nitrogen and oxygen atoms in total. The minimum atomic E-state index is -0.896. The van der Waals surface area contributed by atoms with Crippen molar-refractivity contribution in [2.45, 2.75) is 26.3 Å². The second kappa shape index (κ2) is 9.26. The second-order valence-electron chi connectivity index (χ2n) is 7.51. The van der Waals surface area contributed by atoms with Gasteiger partial charge in [0.2, 0.25) is 5.78 Å². The van der Waals surface area contributed by atoms with Gasteiger partial charge in [0.25, 0.3) is 0 Å². The standard InChI is InChI=1S/C23H25N3O4/c1-14(2)12-18(26-23(24)29)22(28)30-13-19(27)20-16-10-6-7-11-17(16)25-21(20)15-8-4-3-5-9-15/h3-11,14,18,25H,12-13H2,1-2H3,(H3,24,26,29)/t18-/m0/s1. The number of primary amides is 1. The fourth-order valence-electron chi connectivity index (χ4n) is 3.42. The highest BCUT2D eigenvalue weighted by molar-refractivity contribution is 6.14. The fraction of sp³-hybridized carbons (Fsp3) is 0.261. The number of nitrogens with one attached hydrogen (secondary N) is 2. The topological polar surface area (TPSA) is 114 Å². The van der Waals surface area contributed by atoms with Crippen molar-refractivity contribution in [2.24, 2.45) is 11.7 Å². The smallest absolute Gasteiger partial charge is 0.329 e.